The molecule has 1 aliphatic rings. The van der Waals surface area contributed by atoms with Crippen LogP contribution < -0.4 is 10.5 Å². The van der Waals surface area contributed by atoms with Crippen molar-refractivity contribution in [2.24, 2.45) is 5.73 Å². The van der Waals surface area contributed by atoms with Gasteiger partial charge in [-0.05, 0) is 52.3 Å². The van der Waals surface area contributed by atoms with Gasteiger partial charge in [-0.3, -0.25) is 0 Å². The zero-order valence-electron chi connectivity index (χ0n) is 13.0. The Labute approximate surface area is 121 Å². The summed E-state index contributed by atoms with van der Waals surface area (Å²) in [5, 5.41) is 0. The Balaban J connectivity index is 2.16. The predicted molar refractivity (Wildman–Crippen MR) is 80.6 cm³/mol. The van der Waals surface area contributed by atoms with Crippen LogP contribution >= 0.6 is 0 Å². The van der Waals surface area contributed by atoms with Crippen LogP contribution in [-0.2, 0) is 9.31 Å². The van der Waals surface area contributed by atoms with Gasteiger partial charge in [0.15, 0.2) is 0 Å². The maximum atomic E-state index is 6.30. The summed E-state index contributed by atoms with van der Waals surface area (Å²) in [6.45, 7) is 10.7. The van der Waals surface area contributed by atoms with Crippen molar-refractivity contribution in [1.82, 2.24) is 0 Å². The highest BCUT2D eigenvalue weighted by molar-refractivity contribution is 6.47. The fourth-order valence-electron chi connectivity index (χ4n) is 2.17. The van der Waals surface area contributed by atoms with Gasteiger partial charge in [-0.25, -0.2) is 0 Å². The van der Waals surface area contributed by atoms with Crippen LogP contribution in [0.4, 0.5) is 0 Å². The Morgan fingerprint density at radius 2 is 1.80 bits per heavy atom. The van der Waals surface area contributed by atoms with Crippen LogP contribution in [0.1, 0.15) is 46.1 Å². The van der Waals surface area contributed by atoms with E-state index in [2.05, 4.69) is 0 Å². The number of hydrogen-bond donors (Lipinski definition) is 1. The van der Waals surface area contributed by atoms with Crippen LogP contribution in [0.15, 0.2) is 24.3 Å². The molecule has 110 valence electrons. The highest BCUT2D eigenvalue weighted by Crippen LogP contribution is 2.39. The molecule has 1 saturated heterocycles. The lowest BCUT2D eigenvalue weighted by Crippen LogP contribution is -2.41. The molecule has 2 rings (SSSR count). The second-order valence-electron chi connectivity index (χ2n) is 6.16. The smallest absolute Gasteiger partial charge is 0.480 e. The number of nitrogens with two attached hydrogens (primary N) is 1. The summed E-state index contributed by atoms with van der Waals surface area (Å²) in [5.41, 5.74) is 6.52. The lowest BCUT2D eigenvalue weighted by molar-refractivity contribution is 0.00578. The molecule has 20 heavy (non-hydrogen) atoms. The first kappa shape index (κ1) is 15.4. The van der Waals surface area contributed by atoms with Crippen LogP contribution in [0.2, 0.25) is 0 Å². The van der Waals surface area contributed by atoms with Gasteiger partial charge in [-0.15, -0.1) is 0 Å². The minimum atomic E-state index is -0.447. The highest BCUT2D eigenvalue weighted by Gasteiger charge is 2.53. The predicted octanol–water partition coefficient (Wildman–Crippen LogP) is 2.72. The molecule has 1 fully saturated rings. The Bertz CT molecular complexity index is 460. The van der Waals surface area contributed by atoms with Gasteiger partial charge in [0.05, 0.1) is 23.8 Å². The Kier molecular flexibility index (Phi) is 4.14. The summed E-state index contributed by atoms with van der Waals surface area (Å²) in [4.78, 5) is 0. The molecule has 0 amide bonds. The Morgan fingerprint density at radius 1 is 1.20 bits per heavy atom. The number of hydrogen-bond acceptors (Lipinski definition) is 4. The van der Waals surface area contributed by atoms with E-state index < -0.39 is 7.12 Å². The molecule has 1 aromatic rings. The summed E-state index contributed by atoms with van der Waals surface area (Å²) in [6.07, 6.45) is 0. The SMILES string of the molecule is CCOc1cccc([C@@H](N)B2OC(C)(C)C(C)(C)O2)c1. The number of benzene rings is 1. The van der Waals surface area contributed by atoms with Crippen molar-refractivity contribution in [2.75, 3.05) is 6.61 Å². The Morgan fingerprint density at radius 3 is 2.35 bits per heavy atom. The fraction of sp³-hybridized carbons (Fsp3) is 0.600. The largest absolute Gasteiger partial charge is 0.494 e. The molecule has 5 heteroatoms. The van der Waals surface area contributed by atoms with Crippen molar-refractivity contribution in [3.05, 3.63) is 29.8 Å². The molecule has 1 heterocycles. The van der Waals surface area contributed by atoms with Crippen molar-refractivity contribution in [3.63, 3.8) is 0 Å². The van der Waals surface area contributed by atoms with Crippen molar-refractivity contribution < 1.29 is 14.0 Å². The van der Waals surface area contributed by atoms with Gasteiger partial charge in [0.1, 0.15) is 5.75 Å². The van der Waals surface area contributed by atoms with Crippen molar-refractivity contribution in [3.8, 4) is 5.75 Å². The molecule has 0 saturated carbocycles. The van der Waals surface area contributed by atoms with E-state index in [1.54, 1.807) is 0 Å². The third kappa shape index (κ3) is 2.85. The van der Waals surface area contributed by atoms with Gasteiger partial charge in [-0.1, -0.05) is 12.1 Å². The van der Waals surface area contributed by atoms with E-state index in [4.69, 9.17) is 19.8 Å². The molecule has 0 radical (unpaired) electrons. The molecular formula is C15H24BNO3. The van der Waals surface area contributed by atoms with E-state index in [1.807, 2.05) is 58.9 Å². The first-order valence-electron chi connectivity index (χ1n) is 7.11. The summed E-state index contributed by atoms with van der Waals surface area (Å²) in [7, 11) is -0.447. The molecule has 2 N–H and O–H groups in total. The maximum absolute atomic E-state index is 6.30. The minimum absolute atomic E-state index is 0.337. The quantitative estimate of drug-likeness (QED) is 0.860. The maximum Gasteiger partial charge on any atom is 0.480 e. The van der Waals surface area contributed by atoms with Crippen LogP contribution in [-0.4, -0.2) is 24.9 Å². The first-order chi connectivity index (χ1) is 9.27. The molecule has 0 spiro atoms. The van der Waals surface area contributed by atoms with Gasteiger partial charge in [0.25, 0.3) is 0 Å². The van der Waals surface area contributed by atoms with E-state index in [-0.39, 0.29) is 17.1 Å². The van der Waals surface area contributed by atoms with Gasteiger partial charge in [-0.2, -0.15) is 0 Å². The minimum Gasteiger partial charge on any atom is -0.494 e. The monoisotopic (exact) mass is 277 g/mol. The normalized spacial score (nSPS) is 21.8. The van der Waals surface area contributed by atoms with Crippen molar-refractivity contribution in [2.45, 2.75) is 51.8 Å². The molecule has 0 aliphatic carbocycles. The molecule has 0 bridgehead atoms. The van der Waals surface area contributed by atoms with Crippen LogP contribution in [0.5, 0.6) is 5.75 Å². The lowest BCUT2D eigenvalue weighted by atomic mass is 9.75. The van der Waals surface area contributed by atoms with E-state index in [0.29, 0.717) is 6.61 Å². The van der Waals surface area contributed by atoms with Crippen LogP contribution in [0.3, 0.4) is 0 Å². The molecule has 4 nitrogen and oxygen atoms in total. The summed E-state index contributed by atoms with van der Waals surface area (Å²) in [6, 6.07) is 7.77. The van der Waals surface area contributed by atoms with Gasteiger partial charge in [0, 0.05) is 0 Å². The summed E-state index contributed by atoms with van der Waals surface area (Å²) >= 11 is 0. The van der Waals surface area contributed by atoms with E-state index in [9.17, 15) is 0 Å². The van der Waals surface area contributed by atoms with E-state index in [1.165, 1.54) is 0 Å². The first-order valence-corrected chi connectivity index (χ1v) is 7.11. The lowest BCUT2D eigenvalue weighted by Gasteiger charge is -2.32. The average Bonchev–Trinajstić information content (AvgIpc) is 2.58. The second kappa shape index (κ2) is 5.39. The molecule has 1 aromatic carbocycles. The summed E-state index contributed by atoms with van der Waals surface area (Å²) in [5.74, 6) is 0.480. The zero-order chi connectivity index (χ0) is 15.0. The fourth-order valence-corrected chi connectivity index (χ4v) is 2.17. The molecular weight excluding hydrogens is 253 g/mol. The van der Waals surface area contributed by atoms with Crippen molar-refractivity contribution in [1.29, 1.82) is 0 Å². The van der Waals surface area contributed by atoms with Gasteiger partial charge >= 0.3 is 7.12 Å². The Hall–Kier alpha value is -1.04. The molecule has 0 aromatic heterocycles. The van der Waals surface area contributed by atoms with Crippen LogP contribution in [0, 0.1) is 0 Å². The average molecular weight is 277 g/mol. The topological polar surface area (TPSA) is 53.7 Å². The highest BCUT2D eigenvalue weighted by atomic mass is 16.7. The standard InChI is InChI=1S/C15H24BNO3/c1-6-18-12-9-7-8-11(10-12)13(17)16-19-14(2,3)15(4,5)20-16/h7-10,13H,6,17H2,1-5H3/t13-/m1/s1. The van der Waals surface area contributed by atoms with Crippen molar-refractivity contribution >= 4 is 7.12 Å². The third-order valence-corrected chi connectivity index (χ3v) is 4.12. The number of rotatable bonds is 4. The number of ether oxygens (including phenoxy) is 1. The molecule has 0 unspecified atom stereocenters. The van der Waals surface area contributed by atoms with Gasteiger partial charge in [0.2, 0.25) is 0 Å². The zero-order valence-corrected chi connectivity index (χ0v) is 13.0. The second-order valence-corrected chi connectivity index (χ2v) is 6.16. The van der Waals surface area contributed by atoms with E-state index in [0.717, 1.165) is 11.3 Å². The summed E-state index contributed by atoms with van der Waals surface area (Å²) < 4.78 is 17.5. The van der Waals surface area contributed by atoms with Crippen LogP contribution in [0.25, 0.3) is 0 Å². The van der Waals surface area contributed by atoms with Gasteiger partial charge < -0.3 is 19.8 Å². The third-order valence-electron chi connectivity index (χ3n) is 4.12. The van der Waals surface area contributed by atoms with E-state index >= 15 is 0 Å². The molecule has 1 aliphatic heterocycles. The molecule has 1 atom stereocenters.